The van der Waals surface area contributed by atoms with Gasteiger partial charge in [-0.25, -0.2) is 9.37 Å². The standard InChI is InChI=1S/C26H32FN5O3/c1-3-34-22-12-17(11-20-15-30-26(29)31-25(20)28)13-23(35-4-2)24(22)18-5-6-19(21(27)14-18)16-32-7-9-33-10-8-32/h5-6,12-15H,3-4,7-11,16H2,1-2H3,(H4,28,29,30,31). The van der Waals surface area contributed by atoms with Gasteiger partial charge in [0.1, 0.15) is 23.1 Å². The summed E-state index contributed by atoms with van der Waals surface area (Å²) < 4.78 is 32.6. The molecule has 0 saturated carbocycles. The lowest BCUT2D eigenvalue weighted by Gasteiger charge is -2.26. The van der Waals surface area contributed by atoms with E-state index in [0.717, 1.165) is 29.8 Å². The number of ether oxygens (including phenoxy) is 3. The number of nitrogens with two attached hydrogens (primary N) is 2. The van der Waals surface area contributed by atoms with Crippen LogP contribution < -0.4 is 20.9 Å². The van der Waals surface area contributed by atoms with E-state index in [1.165, 1.54) is 0 Å². The number of hydrogen-bond acceptors (Lipinski definition) is 8. The second-order valence-electron chi connectivity index (χ2n) is 8.34. The van der Waals surface area contributed by atoms with Gasteiger partial charge < -0.3 is 25.7 Å². The Morgan fingerprint density at radius 2 is 1.69 bits per heavy atom. The number of benzene rings is 2. The average molecular weight is 482 g/mol. The van der Waals surface area contributed by atoms with Gasteiger partial charge in [-0.15, -0.1) is 0 Å². The van der Waals surface area contributed by atoms with E-state index in [1.54, 1.807) is 12.3 Å². The highest BCUT2D eigenvalue weighted by molar-refractivity contribution is 5.78. The van der Waals surface area contributed by atoms with Crippen LogP contribution >= 0.6 is 0 Å². The highest BCUT2D eigenvalue weighted by Gasteiger charge is 2.19. The fourth-order valence-electron chi connectivity index (χ4n) is 4.19. The van der Waals surface area contributed by atoms with E-state index in [9.17, 15) is 0 Å². The average Bonchev–Trinajstić information content (AvgIpc) is 2.83. The maximum atomic E-state index is 15.2. The van der Waals surface area contributed by atoms with E-state index in [0.29, 0.717) is 67.8 Å². The van der Waals surface area contributed by atoms with Gasteiger partial charge in [0.05, 0.1) is 32.0 Å². The Balaban J connectivity index is 1.69. The van der Waals surface area contributed by atoms with Crippen molar-refractivity contribution in [2.45, 2.75) is 26.8 Å². The van der Waals surface area contributed by atoms with Crippen LogP contribution in [0.3, 0.4) is 0 Å². The lowest BCUT2D eigenvalue weighted by Crippen LogP contribution is -2.35. The largest absolute Gasteiger partial charge is 0.493 e. The Kier molecular flexibility index (Phi) is 7.99. The molecule has 0 atom stereocenters. The van der Waals surface area contributed by atoms with Crippen molar-refractivity contribution in [2.75, 3.05) is 51.0 Å². The minimum atomic E-state index is -0.255. The molecule has 1 aliphatic rings. The van der Waals surface area contributed by atoms with Gasteiger partial charge in [0.25, 0.3) is 0 Å². The van der Waals surface area contributed by atoms with Gasteiger partial charge in [0, 0.05) is 43.4 Å². The fourth-order valence-corrected chi connectivity index (χ4v) is 4.19. The van der Waals surface area contributed by atoms with Crippen LogP contribution in [-0.4, -0.2) is 54.4 Å². The molecule has 3 aromatic rings. The summed E-state index contributed by atoms with van der Waals surface area (Å²) in [5.74, 6) is 1.43. The zero-order chi connectivity index (χ0) is 24.8. The van der Waals surface area contributed by atoms with E-state index >= 15 is 4.39 Å². The second kappa shape index (κ2) is 11.3. The lowest BCUT2D eigenvalue weighted by atomic mass is 9.97. The van der Waals surface area contributed by atoms with Crippen molar-refractivity contribution >= 4 is 11.8 Å². The van der Waals surface area contributed by atoms with Crippen molar-refractivity contribution < 1.29 is 18.6 Å². The summed E-state index contributed by atoms with van der Waals surface area (Å²) in [6, 6.07) is 9.17. The first kappa shape index (κ1) is 24.7. The molecule has 4 rings (SSSR count). The lowest BCUT2D eigenvalue weighted by molar-refractivity contribution is 0.0337. The van der Waals surface area contributed by atoms with Crippen molar-refractivity contribution in [1.82, 2.24) is 14.9 Å². The third-order valence-corrected chi connectivity index (χ3v) is 5.88. The number of aromatic nitrogens is 2. The van der Waals surface area contributed by atoms with E-state index in [4.69, 9.17) is 25.7 Å². The molecule has 0 unspecified atom stereocenters. The number of anilines is 2. The molecule has 0 radical (unpaired) electrons. The summed E-state index contributed by atoms with van der Waals surface area (Å²) >= 11 is 0. The van der Waals surface area contributed by atoms with Crippen LogP contribution in [0.4, 0.5) is 16.2 Å². The first-order valence-electron chi connectivity index (χ1n) is 11.9. The third-order valence-electron chi connectivity index (χ3n) is 5.88. The maximum absolute atomic E-state index is 15.2. The molecule has 8 nitrogen and oxygen atoms in total. The van der Waals surface area contributed by atoms with E-state index in [1.807, 2.05) is 38.1 Å². The van der Waals surface area contributed by atoms with Crippen LogP contribution in [0.5, 0.6) is 11.5 Å². The molecule has 1 aliphatic heterocycles. The number of morpholine rings is 1. The van der Waals surface area contributed by atoms with Gasteiger partial charge in [-0.3, -0.25) is 4.90 Å². The zero-order valence-corrected chi connectivity index (χ0v) is 20.2. The summed E-state index contributed by atoms with van der Waals surface area (Å²) in [5, 5.41) is 0. The van der Waals surface area contributed by atoms with Crippen LogP contribution in [0.2, 0.25) is 0 Å². The third kappa shape index (κ3) is 5.98. The normalized spacial score (nSPS) is 14.1. The molecule has 4 N–H and O–H groups in total. The summed E-state index contributed by atoms with van der Waals surface area (Å²) in [4.78, 5) is 10.3. The minimum absolute atomic E-state index is 0.130. The van der Waals surface area contributed by atoms with Crippen molar-refractivity contribution in [2.24, 2.45) is 0 Å². The fraction of sp³-hybridized carbons (Fsp3) is 0.385. The van der Waals surface area contributed by atoms with Crippen molar-refractivity contribution in [3.8, 4) is 22.6 Å². The summed E-state index contributed by atoms with van der Waals surface area (Å²) in [6.07, 6.45) is 2.09. The van der Waals surface area contributed by atoms with Crippen LogP contribution in [0, 0.1) is 5.82 Å². The van der Waals surface area contributed by atoms with Gasteiger partial charge in [-0.1, -0.05) is 12.1 Å². The summed E-state index contributed by atoms with van der Waals surface area (Å²) in [6.45, 7) is 8.23. The number of halogens is 1. The number of nitrogen functional groups attached to an aromatic ring is 2. The highest BCUT2D eigenvalue weighted by atomic mass is 19.1. The Morgan fingerprint density at radius 1 is 1.00 bits per heavy atom. The van der Waals surface area contributed by atoms with Crippen molar-refractivity contribution in [1.29, 1.82) is 0 Å². The summed E-state index contributed by atoms with van der Waals surface area (Å²) in [7, 11) is 0. The second-order valence-corrected chi connectivity index (χ2v) is 8.34. The SMILES string of the molecule is CCOc1cc(Cc2cnc(N)nc2N)cc(OCC)c1-c1ccc(CN2CCOCC2)c(F)c1. The van der Waals surface area contributed by atoms with Gasteiger partial charge in [-0.2, -0.15) is 4.98 Å². The van der Waals surface area contributed by atoms with Crippen LogP contribution in [0.25, 0.3) is 11.1 Å². The van der Waals surface area contributed by atoms with E-state index in [-0.39, 0.29) is 11.8 Å². The van der Waals surface area contributed by atoms with E-state index in [2.05, 4.69) is 14.9 Å². The molecule has 1 saturated heterocycles. The summed E-state index contributed by atoms with van der Waals surface area (Å²) in [5.41, 5.74) is 15.4. The monoisotopic (exact) mass is 481 g/mol. The number of nitrogens with zero attached hydrogens (tertiary/aromatic N) is 3. The molecule has 2 heterocycles. The Hall–Kier alpha value is -3.43. The molecule has 0 bridgehead atoms. The smallest absolute Gasteiger partial charge is 0.221 e. The van der Waals surface area contributed by atoms with Gasteiger partial charge in [0.15, 0.2) is 0 Å². The maximum Gasteiger partial charge on any atom is 0.221 e. The van der Waals surface area contributed by atoms with Crippen molar-refractivity contribution in [3.63, 3.8) is 0 Å². The number of hydrogen-bond donors (Lipinski definition) is 2. The Labute approximate surface area is 205 Å². The molecular formula is C26H32FN5O3. The van der Waals surface area contributed by atoms with Gasteiger partial charge in [-0.05, 0) is 43.2 Å². The Bertz CT molecular complexity index is 1140. The van der Waals surface area contributed by atoms with Crippen LogP contribution in [0.1, 0.15) is 30.5 Å². The Morgan fingerprint density at radius 3 is 2.29 bits per heavy atom. The molecule has 186 valence electrons. The van der Waals surface area contributed by atoms with E-state index < -0.39 is 0 Å². The molecule has 1 fully saturated rings. The van der Waals surface area contributed by atoms with Crippen molar-refractivity contribution in [3.05, 3.63) is 59.0 Å². The molecule has 0 spiro atoms. The van der Waals surface area contributed by atoms with Gasteiger partial charge >= 0.3 is 0 Å². The quantitative estimate of drug-likeness (QED) is 0.477. The predicted octanol–water partition coefficient (Wildman–Crippen LogP) is 3.67. The zero-order valence-electron chi connectivity index (χ0n) is 20.2. The predicted molar refractivity (Wildman–Crippen MR) is 134 cm³/mol. The number of rotatable bonds is 9. The van der Waals surface area contributed by atoms with Crippen LogP contribution in [-0.2, 0) is 17.7 Å². The first-order chi connectivity index (χ1) is 17.0. The molecule has 0 amide bonds. The highest BCUT2D eigenvalue weighted by Crippen LogP contribution is 2.41. The molecule has 0 aliphatic carbocycles. The molecule has 35 heavy (non-hydrogen) atoms. The topological polar surface area (TPSA) is 109 Å². The molecule has 1 aromatic heterocycles. The van der Waals surface area contributed by atoms with Crippen LogP contribution in [0.15, 0.2) is 36.5 Å². The first-order valence-corrected chi connectivity index (χ1v) is 11.9. The minimum Gasteiger partial charge on any atom is -0.493 e. The van der Waals surface area contributed by atoms with Gasteiger partial charge in [0.2, 0.25) is 5.95 Å². The molecule has 2 aromatic carbocycles. The molecular weight excluding hydrogens is 449 g/mol. The molecule has 9 heteroatoms.